The monoisotopic (exact) mass is 358 g/mol. The Bertz CT molecular complexity index is 1090. The van der Waals surface area contributed by atoms with Gasteiger partial charge in [-0.25, -0.2) is 0 Å². The van der Waals surface area contributed by atoms with Crippen LogP contribution < -0.4 is 10.5 Å². The lowest BCUT2D eigenvalue weighted by molar-refractivity contribution is 0.415. The van der Waals surface area contributed by atoms with Gasteiger partial charge in [0, 0.05) is 16.5 Å². The van der Waals surface area contributed by atoms with Crippen LogP contribution in [0.5, 0.6) is 5.75 Å². The SMILES string of the molecule is COc1ccc2[nH]c(-c3ccc(C)c4ccccc34)c(CCCCN)c2c1. The van der Waals surface area contributed by atoms with E-state index in [1.165, 1.54) is 38.5 Å². The summed E-state index contributed by atoms with van der Waals surface area (Å²) in [6.07, 6.45) is 3.12. The molecule has 0 radical (unpaired) electrons. The highest BCUT2D eigenvalue weighted by atomic mass is 16.5. The van der Waals surface area contributed by atoms with Gasteiger partial charge in [0.05, 0.1) is 12.8 Å². The summed E-state index contributed by atoms with van der Waals surface area (Å²) >= 11 is 0. The molecule has 0 fully saturated rings. The molecule has 1 aromatic heterocycles. The summed E-state index contributed by atoms with van der Waals surface area (Å²) in [6.45, 7) is 2.90. The molecule has 0 unspecified atom stereocenters. The Morgan fingerprint density at radius 2 is 1.74 bits per heavy atom. The van der Waals surface area contributed by atoms with E-state index in [2.05, 4.69) is 60.4 Å². The number of ether oxygens (including phenoxy) is 1. The van der Waals surface area contributed by atoms with Crippen molar-refractivity contribution in [3.63, 3.8) is 0 Å². The second-order valence-electron chi connectivity index (χ2n) is 7.11. The van der Waals surface area contributed by atoms with Crippen molar-refractivity contribution in [2.45, 2.75) is 26.2 Å². The second kappa shape index (κ2) is 7.45. The molecule has 0 aliphatic rings. The van der Waals surface area contributed by atoms with Crippen molar-refractivity contribution in [2.75, 3.05) is 13.7 Å². The first-order valence-electron chi connectivity index (χ1n) is 9.60. The van der Waals surface area contributed by atoms with E-state index in [1.807, 2.05) is 6.07 Å². The lowest BCUT2D eigenvalue weighted by Gasteiger charge is -2.11. The van der Waals surface area contributed by atoms with Crippen molar-refractivity contribution in [1.29, 1.82) is 0 Å². The number of nitrogens with two attached hydrogens (primary N) is 1. The summed E-state index contributed by atoms with van der Waals surface area (Å²) in [5.41, 5.74) is 12.0. The van der Waals surface area contributed by atoms with Gasteiger partial charge in [-0.1, -0.05) is 36.4 Å². The lowest BCUT2D eigenvalue weighted by Crippen LogP contribution is -1.99. The van der Waals surface area contributed by atoms with Gasteiger partial charge in [0.2, 0.25) is 0 Å². The van der Waals surface area contributed by atoms with Gasteiger partial charge in [-0.05, 0) is 72.8 Å². The summed E-state index contributed by atoms with van der Waals surface area (Å²) in [7, 11) is 1.72. The average molecular weight is 358 g/mol. The molecule has 0 saturated carbocycles. The molecular weight excluding hydrogens is 332 g/mol. The number of H-pyrrole nitrogens is 1. The van der Waals surface area contributed by atoms with Crippen molar-refractivity contribution in [3.8, 4) is 17.0 Å². The lowest BCUT2D eigenvalue weighted by atomic mass is 9.94. The molecular formula is C24H26N2O. The maximum atomic E-state index is 5.74. The fourth-order valence-electron chi connectivity index (χ4n) is 3.96. The van der Waals surface area contributed by atoms with Crippen LogP contribution in [0, 0.1) is 6.92 Å². The normalized spacial score (nSPS) is 11.4. The molecule has 0 atom stereocenters. The number of fused-ring (bicyclic) bond motifs is 2. The number of unbranched alkanes of at least 4 members (excludes halogenated alkanes) is 1. The Labute approximate surface area is 160 Å². The molecule has 4 rings (SSSR count). The molecule has 0 saturated heterocycles. The molecule has 138 valence electrons. The number of aryl methyl sites for hydroxylation is 2. The van der Waals surface area contributed by atoms with Gasteiger partial charge in [-0.3, -0.25) is 0 Å². The Morgan fingerprint density at radius 3 is 2.52 bits per heavy atom. The van der Waals surface area contributed by atoms with Crippen LogP contribution in [-0.4, -0.2) is 18.6 Å². The van der Waals surface area contributed by atoms with E-state index >= 15 is 0 Å². The summed E-state index contributed by atoms with van der Waals surface area (Å²) in [5.74, 6) is 0.891. The summed E-state index contributed by atoms with van der Waals surface area (Å²) in [4.78, 5) is 3.68. The van der Waals surface area contributed by atoms with Crippen molar-refractivity contribution < 1.29 is 4.74 Å². The molecule has 3 nitrogen and oxygen atoms in total. The molecule has 3 N–H and O–H groups in total. The summed E-state index contributed by atoms with van der Waals surface area (Å²) < 4.78 is 5.47. The van der Waals surface area contributed by atoms with Gasteiger partial charge in [-0.2, -0.15) is 0 Å². The van der Waals surface area contributed by atoms with Gasteiger partial charge in [0.25, 0.3) is 0 Å². The molecule has 0 spiro atoms. The quantitative estimate of drug-likeness (QED) is 0.442. The number of benzene rings is 3. The molecule has 0 aliphatic carbocycles. The number of hydrogen-bond donors (Lipinski definition) is 2. The first-order chi connectivity index (χ1) is 13.2. The number of methoxy groups -OCH3 is 1. The van der Waals surface area contributed by atoms with E-state index in [-0.39, 0.29) is 0 Å². The molecule has 1 heterocycles. The minimum absolute atomic E-state index is 0.731. The van der Waals surface area contributed by atoms with Gasteiger partial charge < -0.3 is 15.5 Å². The number of rotatable bonds is 6. The van der Waals surface area contributed by atoms with Crippen molar-refractivity contribution in [3.05, 3.63) is 65.7 Å². The van der Waals surface area contributed by atoms with Gasteiger partial charge >= 0.3 is 0 Å². The number of aromatic amines is 1. The van der Waals surface area contributed by atoms with E-state index in [0.717, 1.165) is 37.1 Å². The standard InChI is InChI=1S/C24H26N2O/c1-16-10-12-21(19-8-4-3-7-18(16)19)24-20(9-5-6-14-25)22-15-17(27-2)11-13-23(22)26-24/h3-4,7-8,10-13,15,26H,5-6,9,14,25H2,1-2H3. The van der Waals surface area contributed by atoms with Crippen LogP contribution in [0.1, 0.15) is 24.0 Å². The zero-order chi connectivity index (χ0) is 18.8. The molecule has 0 bridgehead atoms. The number of hydrogen-bond acceptors (Lipinski definition) is 2. The average Bonchev–Trinajstić information content (AvgIpc) is 3.06. The fraction of sp³-hybridized carbons (Fsp3) is 0.250. The van der Waals surface area contributed by atoms with E-state index in [9.17, 15) is 0 Å². The first kappa shape index (κ1) is 17.6. The maximum absolute atomic E-state index is 5.74. The van der Waals surface area contributed by atoms with E-state index in [1.54, 1.807) is 7.11 Å². The van der Waals surface area contributed by atoms with Gasteiger partial charge in [-0.15, -0.1) is 0 Å². The van der Waals surface area contributed by atoms with E-state index in [4.69, 9.17) is 10.5 Å². The topological polar surface area (TPSA) is 51.0 Å². The van der Waals surface area contributed by atoms with Crippen LogP contribution in [0.25, 0.3) is 32.9 Å². The van der Waals surface area contributed by atoms with E-state index < -0.39 is 0 Å². The smallest absolute Gasteiger partial charge is 0.119 e. The predicted molar refractivity (Wildman–Crippen MR) is 115 cm³/mol. The highest BCUT2D eigenvalue weighted by Crippen LogP contribution is 2.37. The number of nitrogens with one attached hydrogen (secondary N) is 1. The molecule has 0 aliphatic heterocycles. The van der Waals surface area contributed by atoms with Gasteiger partial charge in [0.15, 0.2) is 0 Å². The third-order valence-electron chi connectivity index (χ3n) is 5.41. The Morgan fingerprint density at radius 1 is 0.926 bits per heavy atom. The Hall–Kier alpha value is -2.78. The molecule has 0 amide bonds. The minimum Gasteiger partial charge on any atom is -0.497 e. The first-order valence-corrected chi connectivity index (χ1v) is 9.60. The van der Waals surface area contributed by atoms with Crippen LogP contribution in [0.4, 0.5) is 0 Å². The van der Waals surface area contributed by atoms with Crippen molar-refractivity contribution in [1.82, 2.24) is 4.98 Å². The van der Waals surface area contributed by atoms with Crippen LogP contribution in [0.2, 0.25) is 0 Å². The predicted octanol–water partition coefficient (Wildman–Crippen LogP) is 5.59. The van der Waals surface area contributed by atoms with E-state index in [0.29, 0.717) is 0 Å². The van der Waals surface area contributed by atoms with Crippen molar-refractivity contribution >= 4 is 21.7 Å². The largest absolute Gasteiger partial charge is 0.497 e. The van der Waals surface area contributed by atoms with Crippen LogP contribution >= 0.6 is 0 Å². The third kappa shape index (κ3) is 3.19. The maximum Gasteiger partial charge on any atom is 0.119 e. The Balaban J connectivity index is 1.96. The van der Waals surface area contributed by atoms with Crippen LogP contribution in [0.15, 0.2) is 54.6 Å². The van der Waals surface area contributed by atoms with Gasteiger partial charge in [0.1, 0.15) is 5.75 Å². The van der Waals surface area contributed by atoms with Crippen LogP contribution in [0.3, 0.4) is 0 Å². The summed E-state index contributed by atoms with van der Waals surface area (Å²) in [5, 5.41) is 3.83. The van der Waals surface area contributed by atoms with Crippen molar-refractivity contribution in [2.24, 2.45) is 5.73 Å². The second-order valence-corrected chi connectivity index (χ2v) is 7.11. The highest BCUT2D eigenvalue weighted by Gasteiger charge is 2.16. The third-order valence-corrected chi connectivity index (χ3v) is 5.41. The minimum atomic E-state index is 0.731. The molecule has 3 heteroatoms. The fourth-order valence-corrected chi connectivity index (χ4v) is 3.96. The molecule has 4 aromatic rings. The Kier molecular flexibility index (Phi) is 4.87. The highest BCUT2D eigenvalue weighted by molar-refractivity contribution is 6.02. The zero-order valence-electron chi connectivity index (χ0n) is 16.0. The van der Waals surface area contributed by atoms with Crippen LogP contribution in [-0.2, 0) is 6.42 Å². The number of aromatic nitrogens is 1. The zero-order valence-corrected chi connectivity index (χ0v) is 16.0. The molecule has 27 heavy (non-hydrogen) atoms. The summed E-state index contributed by atoms with van der Waals surface area (Å²) in [6, 6.07) is 19.4. The molecule has 3 aromatic carbocycles.